The maximum Gasteiger partial charge on any atom is 0.416 e. The quantitative estimate of drug-likeness (QED) is 0.328. The second-order valence-electron chi connectivity index (χ2n) is 8.30. The van der Waals surface area contributed by atoms with Crippen molar-refractivity contribution in [3.63, 3.8) is 0 Å². The van der Waals surface area contributed by atoms with Crippen LogP contribution in [0.2, 0.25) is 5.02 Å². The fraction of sp³-hybridized carbons (Fsp3) is 0.192. The van der Waals surface area contributed by atoms with Crippen molar-refractivity contribution in [3.8, 4) is 17.6 Å². The molecule has 0 saturated heterocycles. The molecule has 0 radical (unpaired) electrons. The van der Waals surface area contributed by atoms with Crippen LogP contribution >= 0.6 is 11.6 Å². The van der Waals surface area contributed by atoms with Gasteiger partial charge in [-0.15, -0.1) is 5.10 Å². The average molecular weight is 541 g/mol. The predicted octanol–water partition coefficient (Wildman–Crippen LogP) is 5.58. The second kappa shape index (κ2) is 10.9. The van der Waals surface area contributed by atoms with Crippen LogP contribution in [0.25, 0.3) is 5.82 Å². The zero-order chi connectivity index (χ0) is 27.4. The van der Waals surface area contributed by atoms with Crippen LogP contribution in [0.15, 0.2) is 60.8 Å². The molecule has 0 aliphatic heterocycles. The minimum atomic E-state index is -4.70. The number of ether oxygens (including phenoxy) is 1. The minimum Gasteiger partial charge on any atom is -0.489 e. The van der Waals surface area contributed by atoms with E-state index in [9.17, 15) is 18.0 Å². The molecule has 2 aromatic heterocycles. The first-order valence-electron chi connectivity index (χ1n) is 11.2. The number of carbonyl (C=O) groups is 1. The third-order valence-electron chi connectivity index (χ3n) is 5.36. The van der Waals surface area contributed by atoms with Gasteiger partial charge in [-0.05, 0) is 61.9 Å². The van der Waals surface area contributed by atoms with E-state index in [0.717, 1.165) is 12.1 Å². The highest BCUT2D eigenvalue weighted by molar-refractivity contribution is 6.30. The van der Waals surface area contributed by atoms with Crippen molar-refractivity contribution in [2.45, 2.75) is 32.7 Å². The molecule has 2 heterocycles. The van der Waals surface area contributed by atoms with Gasteiger partial charge in [0.05, 0.1) is 17.2 Å². The molecule has 2 aromatic carbocycles. The molecule has 1 amide bonds. The summed E-state index contributed by atoms with van der Waals surface area (Å²) < 4.78 is 47.8. The minimum absolute atomic E-state index is 0.0424. The van der Waals surface area contributed by atoms with E-state index >= 15 is 0 Å². The summed E-state index contributed by atoms with van der Waals surface area (Å²) in [6.45, 7) is 3.22. The molecule has 0 bridgehead atoms. The fourth-order valence-electron chi connectivity index (χ4n) is 3.57. The van der Waals surface area contributed by atoms with E-state index in [1.807, 2.05) is 6.07 Å². The number of nitriles is 1. The lowest BCUT2D eigenvalue weighted by molar-refractivity contribution is -0.137. The number of nitrogens with one attached hydrogen (secondary N) is 1. The number of pyridine rings is 1. The molecule has 0 saturated carbocycles. The highest BCUT2D eigenvalue weighted by Crippen LogP contribution is 2.33. The van der Waals surface area contributed by atoms with Crippen LogP contribution in [0, 0.1) is 18.3 Å². The molecule has 1 N–H and O–H groups in total. The second-order valence-corrected chi connectivity index (χ2v) is 8.74. The zero-order valence-electron chi connectivity index (χ0n) is 20.1. The Labute approximate surface area is 220 Å². The molecule has 4 aromatic rings. The van der Waals surface area contributed by atoms with Crippen LogP contribution in [0.5, 0.6) is 5.75 Å². The number of aryl methyl sites for hydroxylation is 1. The molecule has 1 unspecified atom stereocenters. The van der Waals surface area contributed by atoms with Crippen LogP contribution < -0.4 is 10.1 Å². The summed E-state index contributed by atoms with van der Waals surface area (Å²) in [6, 6.07) is 13.9. The van der Waals surface area contributed by atoms with Crippen LogP contribution in [-0.4, -0.2) is 25.7 Å². The Hall–Kier alpha value is -4.43. The van der Waals surface area contributed by atoms with E-state index < -0.39 is 23.7 Å². The van der Waals surface area contributed by atoms with Gasteiger partial charge in [-0.3, -0.25) is 4.79 Å². The molecule has 194 valence electrons. The monoisotopic (exact) mass is 540 g/mol. The largest absolute Gasteiger partial charge is 0.489 e. The molecule has 8 nitrogen and oxygen atoms in total. The van der Waals surface area contributed by atoms with E-state index in [1.54, 1.807) is 50.2 Å². The van der Waals surface area contributed by atoms with Gasteiger partial charge in [0.2, 0.25) is 0 Å². The summed E-state index contributed by atoms with van der Waals surface area (Å²) in [5, 5.41) is 16.4. The maximum absolute atomic E-state index is 13.6. The van der Waals surface area contributed by atoms with Crippen molar-refractivity contribution in [2.24, 2.45) is 0 Å². The van der Waals surface area contributed by atoms with Crippen LogP contribution in [0.3, 0.4) is 0 Å². The molecule has 0 aliphatic rings. The van der Waals surface area contributed by atoms with E-state index in [4.69, 9.17) is 21.6 Å². The third kappa shape index (κ3) is 6.27. The topological polar surface area (TPSA) is 106 Å². The number of carbonyl (C=O) groups excluding carboxylic acids is 1. The molecule has 1 atom stereocenters. The standard InChI is InChI=1S/C26H20ClF3N6O2/c1-15(24-34-16(2)35-36(24)23-7-6-18(12-31)13-32-23)33-25(37)19-9-20(26(28,29)30)11-22(10-19)38-14-17-4-3-5-21(27)8-17/h3-11,13,15H,14H2,1-2H3,(H,33,37). The number of hydrogen-bond donors (Lipinski definition) is 1. The van der Waals surface area contributed by atoms with Crippen molar-refractivity contribution < 1.29 is 22.7 Å². The number of rotatable bonds is 7. The molecule has 0 aliphatic carbocycles. The van der Waals surface area contributed by atoms with Gasteiger partial charge in [0, 0.05) is 16.8 Å². The number of aromatic nitrogens is 4. The molecular formula is C26H20ClF3N6O2. The van der Waals surface area contributed by atoms with Crippen molar-refractivity contribution in [1.82, 2.24) is 25.1 Å². The first kappa shape index (κ1) is 26.6. The van der Waals surface area contributed by atoms with Gasteiger partial charge in [-0.25, -0.2) is 9.97 Å². The van der Waals surface area contributed by atoms with Crippen LogP contribution in [-0.2, 0) is 12.8 Å². The first-order chi connectivity index (χ1) is 18.0. The molecule has 38 heavy (non-hydrogen) atoms. The Kier molecular flexibility index (Phi) is 7.64. The van der Waals surface area contributed by atoms with E-state index in [2.05, 4.69) is 20.4 Å². The first-order valence-corrected chi connectivity index (χ1v) is 11.6. The summed E-state index contributed by atoms with van der Waals surface area (Å²) in [4.78, 5) is 21.6. The van der Waals surface area contributed by atoms with Crippen LogP contribution in [0.1, 0.15) is 51.7 Å². The van der Waals surface area contributed by atoms with E-state index in [-0.39, 0.29) is 17.9 Å². The number of benzene rings is 2. The van der Waals surface area contributed by atoms with Gasteiger partial charge in [0.25, 0.3) is 5.91 Å². The Bertz CT molecular complexity index is 1510. The Morgan fingerprint density at radius 2 is 2.00 bits per heavy atom. The van der Waals surface area contributed by atoms with Gasteiger partial charge in [-0.1, -0.05) is 23.7 Å². The number of alkyl halides is 3. The SMILES string of the molecule is Cc1nc(C(C)NC(=O)c2cc(OCc3cccc(Cl)c3)cc(C(F)(F)F)c2)n(-c2ccc(C#N)cn2)n1. The summed E-state index contributed by atoms with van der Waals surface area (Å²) in [7, 11) is 0. The lowest BCUT2D eigenvalue weighted by Gasteiger charge is -2.16. The summed E-state index contributed by atoms with van der Waals surface area (Å²) in [5.74, 6) is 0.159. The van der Waals surface area contributed by atoms with Gasteiger partial charge in [0.15, 0.2) is 11.6 Å². The fourth-order valence-corrected chi connectivity index (χ4v) is 3.79. The van der Waals surface area contributed by atoms with Gasteiger partial charge in [-0.2, -0.15) is 23.1 Å². The molecule has 0 fully saturated rings. The smallest absolute Gasteiger partial charge is 0.416 e. The molecular weight excluding hydrogens is 521 g/mol. The molecule has 4 rings (SSSR count). The van der Waals surface area contributed by atoms with Crippen molar-refractivity contribution >= 4 is 17.5 Å². The third-order valence-corrected chi connectivity index (χ3v) is 5.59. The number of amides is 1. The van der Waals surface area contributed by atoms with Crippen molar-refractivity contribution in [2.75, 3.05) is 0 Å². The highest BCUT2D eigenvalue weighted by atomic mass is 35.5. The number of halogens is 4. The van der Waals surface area contributed by atoms with E-state index in [1.165, 1.54) is 16.9 Å². The van der Waals surface area contributed by atoms with Crippen molar-refractivity contribution in [1.29, 1.82) is 5.26 Å². The Morgan fingerprint density at radius 3 is 2.66 bits per heavy atom. The Balaban J connectivity index is 1.58. The van der Waals surface area contributed by atoms with E-state index in [0.29, 0.717) is 33.6 Å². The zero-order valence-corrected chi connectivity index (χ0v) is 20.9. The number of nitrogens with zero attached hydrogens (tertiary/aromatic N) is 5. The average Bonchev–Trinajstić information content (AvgIpc) is 3.28. The Morgan fingerprint density at radius 1 is 1.21 bits per heavy atom. The van der Waals surface area contributed by atoms with Crippen molar-refractivity contribution in [3.05, 3.63) is 99.7 Å². The summed E-state index contributed by atoms with van der Waals surface area (Å²) in [5.41, 5.74) is -0.265. The normalized spacial score (nSPS) is 12.0. The van der Waals surface area contributed by atoms with Gasteiger partial charge in [0.1, 0.15) is 24.3 Å². The summed E-state index contributed by atoms with van der Waals surface area (Å²) >= 11 is 5.96. The predicted molar refractivity (Wildman–Crippen MR) is 132 cm³/mol. The lowest BCUT2D eigenvalue weighted by Crippen LogP contribution is -2.29. The maximum atomic E-state index is 13.6. The van der Waals surface area contributed by atoms with Crippen LogP contribution in [0.4, 0.5) is 13.2 Å². The highest BCUT2D eigenvalue weighted by Gasteiger charge is 2.32. The summed E-state index contributed by atoms with van der Waals surface area (Å²) in [6.07, 6.45) is -3.33. The van der Waals surface area contributed by atoms with Gasteiger partial charge < -0.3 is 10.1 Å². The van der Waals surface area contributed by atoms with Gasteiger partial charge >= 0.3 is 6.18 Å². The number of hydrogen-bond acceptors (Lipinski definition) is 6. The lowest BCUT2D eigenvalue weighted by atomic mass is 10.1. The molecule has 0 spiro atoms. The molecule has 12 heteroatoms.